The van der Waals surface area contributed by atoms with Crippen molar-refractivity contribution >= 4 is 17.8 Å². The third-order valence-corrected chi connectivity index (χ3v) is 7.33. The Hall–Kier alpha value is -3.47. The fourth-order valence-electron chi connectivity index (χ4n) is 5.14. The Morgan fingerprint density at radius 3 is 2.18 bits per heavy atom. The van der Waals surface area contributed by atoms with Crippen molar-refractivity contribution in [2.75, 3.05) is 13.1 Å². The monoisotopic (exact) mass is 548 g/mol. The first-order valence-electron chi connectivity index (χ1n) is 13.2. The van der Waals surface area contributed by atoms with Gasteiger partial charge >= 0.3 is 6.18 Å². The Kier molecular flexibility index (Phi) is 10.8. The molecule has 11 heteroatoms. The summed E-state index contributed by atoms with van der Waals surface area (Å²) < 4.78 is 31.5. The van der Waals surface area contributed by atoms with E-state index in [4.69, 9.17) is 9.90 Å². The Balaban J connectivity index is 0.000000532. The van der Waals surface area contributed by atoms with Crippen molar-refractivity contribution in [2.45, 2.75) is 69.1 Å². The van der Waals surface area contributed by atoms with Gasteiger partial charge in [-0.25, -0.2) is 0 Å². The maximum Gasteiger partial charge on any atom is 0.430 e. The molecule has 1 saturated carbocycles. The molecule has 0 spiro atoms. The first kappa shape index (κ1) is 30.1. The lowest BCUT2D eigenvalue weighted by molar-refractivity contribution is -0.426. The number of benzene rings is 1. The minimum atomic E-state index is -5.19. The minimum absolute atomic E-state index is 0.00719. The minimum Gasteiger partial charge on any atom is -0.542 e. The molecule has 1 aliphatic carbocycles. The molecule has 1 aliphatic heterocycles. The number of alkyl halides is 3. The van der Waals surface area contributed by atoms with Crippen LogP contribution in [-0.4, -0.2) is 59.0 Å². The van der Waals surface area contributed by atoms with Crippen LogP contribution in [0.1, 0.15) is 62.0 Å². The predicted octanol–water partition coefficient (Wildman–Crippen LogP) is 1.81. The molecule has 2 heterocycles. The number of nitrogens with zero attached hydrogens (tertiary/aromatic N) is 2. The molecule has 2 aliphatic rings. The number of carbonyl (C=O) groups is 3. The number of carboxylic acids is 1. The number of hydrogen-bond donors (Lipinski definition) is 2. The zero-order valence-electron chi connectivity index (χ0n) is 21.7. The molecular weight excluding hydrogens is 513 g/mol. The lowest BCUT2D eigenvalue weighted by atomic mass is 9.86. The van der Waals surface area contributed by atoms with Crippen molar-refractivity contribution in [3.8, 4) is 0 Å². The second-order valence-electron chi connectivity index (χ2n) is 10.1. The van der Waals surface area contributed by atoms with Gasteiger partial charge in [-0.05, 0) is 67.7 Å². The van der Waals surface area contributed by atoms with Crippen LogP contribution in [0.4, 0.5) is 13.2 Å². The van der Waals surface area contributed by atoms with Crippen molar-refractivity contribution in [1.82, 2.24) is 15.2 Å². The van der Waals surface area contributed by atoms with Gasteiger partial charge in [-0.2, -0.15) is 13.2 Å². The van der Waals surface area contributed by atoms with Gasteiger partial charge in [0.25, 0.3) is 0 Å². The molecular formula is C28H35F3N4O4. The molecule has 8 nitrogen and oxygen atoms in total. The number of carboxylic acid groups (broad SMARTS) is 1. The van der Waals surface area contributed by atoms with E-state index in [0.717, 1.165) is 49.7 Å². The number of nitrogens with one attached hydrogen (secondary N) is 1. The molecule has 0 unspecified atom stereocenters. The van der Waals surface area contributed by atoms with E-state index >= 15 is 0 Å². The van der Waals surface area contributed by atoms with Crippen molar-refractivity contribution in [1.29, 1.82) is 0 Å². The smallest absolute Gasteiger partial charge is 0.430 e. The molecule has 39 heavy (non-hydrogen) atoms. The van der Waals surface area contributed by atoms with Crippen LogP contribution < -0.4 is 16.2 Å². The first-order valence-corrected chi connectivity index (χ1v) is 13.2. The van der Waals surface area contributed by atoms with Gasteiger partial charge in [0.1, 0.15) is 12.0 Å². The summed E-state index contributed by atoms with van der Waals surface area (Å²) in [5, 5.41) is 11.9. The standard InChI is InChI=1S/C26H34N4O2.C2HF3O2/c27-22-10-8-19(9-11-22)18-29-26(32)24-7-4-16-30(24)25(31)17-23(20-5-2-1-3-6-20)21-12-14-28-15-13-21;3-2(4,5)1(6)7/h1-3,5-6,12-15,19,22-24H,4,7-11,16-18,27H2,(H,29,32);(H,6,7)/t19?,22?,23-,24+;/m1./s1. The van der Waals surface area contributed by atoms with E-state index in [-0.39, 0.29) is 23.8 Å². The number of halogens is 3. The molecule has 2 amide bonds. The van der Waals surface area contributed by atoms with Gasteiger partial charge in [0.15, 0.2) is 0 Å². The van der Waals surface area contributed by atoms with E-state index in [9.17, 15) is 22.8 Å². The second-order valence-corrected chi connectivity index (χ2v) is 10.1. The summed E-state index contributed by atoms with van der Waals surface area (Å²) in [7, 11) is 0. The van der Waals surface area contributed by atoms with Crippen molar-refractivity contribution in [2.24, 2.45) is 5.92 Å². The van der Waals surface area contributed by atoms with E-state index in [1.807, 2.05) is 30.3 Å². The van der Waals surface area contributed by atoms with Crippen LogP contribution in [0.5, 0.6) is 0 Å². The van der Waals surface area contributed by atoms with E-state index in [2.05, 4.69) is 28.2 Å². The maximum absolute atomic E-state index is 13.4. The molecule has 4 N–H and O–H groups in total. The molecule has 1 saturated heterocycles. The average molecular weight is 549 g/mol. The number of aromatic nitrogens is 1. The van der Waals surface area contributed by atoms with Crippen LogP contribution in [0.3, 0.4) is 0 Å². The summed E-state index contributed by atoms with van der Waals surface area (Å²) in [6, 6.07) is 14.3. The normalized spacial score (nSPS) is 21.8. The quantitative estimate of drug-likeness (QED) is 0.545. The predicted molar refractivity (Wildman–Crippen MR) is 135 cm³/mol. The van der Waals surface area contributed by atoms with Crippen molar-refractivity contribution in [3.63, 3.8) is 0 Å². The fourth-order valence-corrected chi connectivity index (χ4v) is 5.14. The van der Waals surface area contributed by atoms with Gasteiger partial charge in [0, 0.05) is 37.8 Å². The number of carbonyl (C=O) groups excluding carboxylic acids is 3. The third kappa shape index (κ3) is 9.05. The Morgan fingerprint density at radius 2 is 1.59 bits per heavy atom. The van der Waals surface area contributed by atoms with Crippen LogP contribution >= 0.6 is 0 Å². The largest absolute Gasteiger partial charge is 0.542 e. The van der Waals surface area contributed by atoms with E-state index in [0.29, 0.717) is 31.5 Å². The lowest BCUT2D eigenvalue weighted by Gasteiger charge is -2.28. The van der Waals surface area contributed by atoms with Gasteiger partial charge < -0.3 is 25.9 Å². The lowest BCUT2D eigenvalue weighted by Crippen LogP contribution is -2.62. The molecule has 0 bridgehead atoms. The van der Waals surface area contributed by atoms with Crippen LogP contribution in [-0.2, 0) is 14.4 Å². The third-order valence-electron chi connectivity index (χ3n) is 7.33. The number of likely N-dealkylation sites (tertiary alicyclic amines) is 1. The molecule has 2 aromatic rings. The summed E-state index contributed by atoms with van der Waals surface area (Å²) >= 11 is 0. The Labute approximate surface area is 225 Å². The van der Waals surface area contributed by atoms with Gasteiger partial charge in [0.2, 0.25) is 11.8 Å². The second kappa shape index (κ2) is 14.1. The summed E-state index contributed by atoms with van der Waals surface area (Å²) in [6.07, 6.45) is 4.86. The molecule has 212 valence electrons. The molecule has 2 atom stereocenters. The number of amides is 2. The van der Waals surface area contributed by atoms with Crippen LogP contribution in [0.15, 0.2) is 54.9 Å². The summed E-state index contributed by atoms with van der Waals surface area (Å²) in [4.78, 5) is 41.1. The number of rotatable bonds is 7. The van der Waals surface area contributed by atoms with Crippen molar-refractivity contribution < 1.29 is 38.4 Å². The highest BCUT2D eigenvalue weighted by atomic mass is 19.4. The summed E-state index contributed by atoms with van der Waals surface area (Å²) in [6.45, 7) is 1.37. The SMILES string of the molecule is O=C([O-])C(F)(F)F.[NH3+]C1CCC(CNC(=O)[C@@H]2CCCN2C(=O)C[C@H](c2ccccc2)c2ccncc2)CC1. The van der Waals surface area contributed by atoms with Gasteiger partial charge in [0.05, 0.1) is 6.04 Å². The zero-order chi connectivity index (χ0) is 28.4. The van der Waals surface area contributed by atoms with E-state index in [1.54, 1.807) is 17.3 Å². The van der Waals surface area contributed by atoms with Crippen LogP contribution in [0, 0.1) is 5.92 Å². The average Bonchev–Trinajstić information content (AvgIpc) is 3.42. The summed E-state index contributed by atoms with van der Waals surface area (Å²) in [5.41, 5.74) is 6.33. The van der Waals surface area contributed by atoms with Crippen LogP contribution in [0.25, 0.3) is 0 Å². The number of aliphatic carboxylic acids is 1. The fraction of sp³-hybridized carbons (Fsp3) is 0.500. The highest BCUT2D eigenvalue weighted by molar-refractivity contribution is 5.88. The van der Waals surface area contributed by atoms with E-state index in [1.165, 1.54) is 0 Å². The first-order chi connectivity index (χ1) is 18.6. The number of quaternary nitrogens is 1. The summed E-state index contributed by atoms with van der Waals surface area (Å²) in [5.74, 6) is -2.46. The van der Waals surface area contributed by atoms with Crippen molar-refractivity contribution in [3.05, 3.63) is 66.0 Å². The van der Waals surface area contributed by atoms with E-state index < -0.39 is 12.1 Å². The molecule has 0 radical (unpaired) electrons. The number of hydrogen-bond acceptors (Lipinski definition) is 5. The zero-order valence-corrected chi connectivity index (χ0v) is 21.7. The number of pyridine rings is 1. The van der Waals surface area contributed by atoms with Crippen LogP contribution in [0.2, 0.25) is 0 Å². The highest BCUT2D eigenvalue weighted by Crippen LogP contribution is 2.30. The molecule has 1 aromatic heterocycles. The molecule has 2 fully saturated rings. The highest BCUT2D eigenvalue weighted by Gasteiger charge is 2.35. The Bertz CT molecular complexity index is 1040. The molecule has 1 aromatic carbocycles. The van der Waals surface area contributed by atoms with Gasteiger partial charge in [-0.3, -0.25) is 14.6 Å². The maximum atomic E-state index is 13.4. The molecule has 4 rings (SSSR count). The Morgan fingerprint density at radius 1 is 1.00 bits per heavy atom. The topological polar surface area (TPSA) is 130 Å². The van der Waals surface area contributed by atoms with Gasteiger partial charge in [-0.1, -0.05) is 30.3 Å². The van der Waals surface area contributed by atoms with Gasteiger partial charge in [-0.15, -0.1) is 0 Å².